The fraction of sp³-hybridized carbons (Fsp3) is 0. The molecule has 4 heteroatoms. The summed E-state index contributed by atoms with van der Waals surface area (Å²) in [5, 5.41) is 9.93. The van der Waals surface area contributed by atoms with E-state index in [0.717, 1.165) is 0 Å². The average Bonchev–Trinajstić information content (AvgIpc) is 3.23. The highest BCUT2D eigenvalue weighted by molar-refractivity contribution is 7.22. The first kappa shape index (κ1) is 12.5. The third-order valence-corrected chi connectivity index (χ3v) is 6.74. The summed E-state index contributed by atoms with van der Waals surface area (Å²) in [7, 11) is 0. The molecular weight excluding hydrogens is 320 g/mol. The van der Waals surface area contributed by atoms with E-state index in [1.165, 1.54) is 30.6 Å². The van der Waals surface area contributed by atoms with Crippen molar-refractivity contribution in [2.24, 2.45) is 0 Å². The summed E-state index contributed by atoms with van der Waals surface area (Å²) in [6.07, 6.45) is 0. The van der Waals surface area contributed by atoms with Crippen LogP contribution in [0.4, 0.5) is 0 Å². The Morgan fingerprint density at radius 2 is 1.30 bits per heavy atom. The molecule has 0 saturated heterocycles. The fourth-order valence-corrected chi connectivity index (χ4v) is 5.63. The standard InChI is InChI=1S/C16H9S4/c1-4-12(17-7-1)11-10-20-16(14-6-3-9-19-14)15(11)13-5-2-8-18-13/h1-9H. The summed E-state index contributed by atoms with van der Waals surface area (Å²) in [6.45, 7) is 0. The molecule has 0 saturated carbocycles. The first-order valence-corrected chi connectivity index (χ1v) is 9.55. The first-order valence-electron chi connectivity index (χ1n) is 6.09. The molecule has 0 spiro atoms. The van der Waals surface area contributed by atoms with Gasteiger partial charge in [0.2, 0.25) is 0 Å². The van der Waals surface area contributed by atoms with Crippen molar-refractivity contribution in [3.05, 3.63) is 57.9 Å². The molecule has 0 aliphatic carbocycles. The molecule has 4 aromatic heterocycles. The van der Waals surface area contributed by atoms with Gasteiger partial charge in [0, 0.05) is 25.8 Å². The third-order valence-electron chi connectivity index (χ3n) is 3.01. The Morgan fingerprint density at radius 1 is 0.700 bits per heavy atom. The predicted molar refractivity (Wildman–Crippen MR) is 93.1 cm³/mol. The van der Waals surface area contributed by atoms with Crippen molar-refractivity contribution < 1.29 is 0 Å². The highest BCUT2D eigenvalue weighted by Crippen LogP contribution is 2.47. The number of thiophene rings is 4. The zero-order chi connectivity index (χ0) is 13.4. The van der Waals surface area contributed by atoms with Gasteiger partial charge in [0.15, 0.2) is 0 Å². The molecule has 0 N–H and O–H groups in total. The molecule has 0 aliphatic heterocycles. The highest BCUT2D eigenvalue weighted by atomic mass is 32.1. The van der Waals surface area contributed by atoms with Crippen LogP contribution in [0, 0.1) is 5.38 Å². The predicted octanol–water partition coefficient (Wildman–Crippen LogP) is 6.73. The van der Waals surface area contributed by atoms with Crippen molar-refractivity contribution in [1.29, 1.82) is 0 Å². The van der Waals surface area contributed by atoms with Crippen molar-refractivity contribution in [3.63, 3.8) is 0 Å². The lowest BCUT2D eigenvalue weighted by Crippen LogP contribution is -1.76. The molecule has 0 fully saturated rings. The van der Waals surface area contributed by atoms with Gasteiger partial charge in [0.1, 0.15) is 0 Å². The molecule has 4 aromatic rings. The zero-order valence-corrected chi connectivity index (χ0v) is 13.6. The Kier molecular flexibility index (Phi) is 3.32. The summed E-state index contributed by atoms with van der Waals surface area (Å²) in [6, 6.07) is 12.9. The van der Waals surface area contributed by atoms with Crippen LogP contribution in [0.25, 0.3) is 30.6 Å². The van der Waals surface area contributed by atoms with Crippen LogP contribution in [0.15, 0.2) is 52.5 Å². The Hall–Kier alpha value is -1.20. The zero-order valence-electron chi connectivity index (χ0n) is 10.3. The third kappa shape index (κ3) is 2.09. The molecule has 0 bridgehead atoms. The van der Waals surface area contributed by atoms with Crippen LogP contribution in [-0.2, 0) is 0 Å². The van der Waals surface area contributed by atoms with E-state index in [1.54, 1.807) is 45.3 Å². The van der Waals surface area contributed by atoms with Gasteiger partial charge in [0.25, 0.3) is 0 Å². The Morgan fingerprint density at radius 3 is 1.90 bits per heavy atom. The van der Waals surface area contributed by atoms with Gasteiger partial charge in [0.05, 0.1) is 10.3 Å². The van der Waals surface area contributed by atoms with E-state index < -0.39 is 0 Å². The van der Waals surface area contributed by atoms with Crippen LogP contribution < -0.4 is 0 Å². The molecule has 97 valence electrons. The minimum Gasteiger partial charge on any atom is -0.144 e. The second-order valence-electron chi connectivity index (χ2n) is 4.22. The van der Waals surface area contributed by atoms with Crippen LogP contribution >= 0.6 is 45.3 Å². The highest BCUT2D eigenvalue weighted by Gasteiger charge is 2.18. The van der Waals surface area contributed by atoms with Gasteiger partial charge in [-0.1, -0.05) is 18.2 Å². The van der Waals surface area contributed by atoms with Crippen LogP contribution in [0.3, 0.4) is 0 Å². The maximum Gasteiger partial charge on any atom is 0.0549 e. The van der Waals surface area contributed by atoms with Gasteiger partial charge in [-0.2, -0.15) is 0 Å². The van der Waals surface area contributed by atoms with E-state index in [4.69, 9.17) is 0 Å². The molecule has 0 unspecified atom stereocenters. The summed E-state index contributed by atoms with van der Waals surface area (Å²) in [4.78, 5) is 5.30. The molecule has 0 nitrogen and oxygen atoms in total. The second kappa shape index (κ2) is 5.30. The van der Waals surface area contributed by atoms with E-state index in [0.29, 0.717) is 0 Å². The SMILES string of the molecule is [c]1sc(-c2cccs2)c(-c2cccs2)c1-c1cccs1. The summed E-state index contributed by atoms with van der Waals surface area (Å²) in [5.41, 5.74) is 2.59. The van der Waals surface area contributed by atoms with Crippen LogP contribution in [0.5, 0.6) is 0 Å². The van der Waals surface area contributed by atoms with Crippen molar-refractivity contribution in [2.75, 3.05) is 0 Å². The molecule has 1 radical (unpaired) electrons. The van der Waals surface area contributed by atoms with Crippen molar-refractivity contribution in [1.82, 2.24) is 0 Å². The second-order valence-corrected chi connectivity index (χ2v) is 7.87. The quantitative estimate of drug-likeness (QED) is 0.391. The maximum atomic E-state index is 3.52. The summed E-state index contributed by atoms with van der Waals surface area (Å²) in [5.74, 6) is 0. The monoisotopic (exact) mass is 329 g/mol. The lowest BCUT2D eigenvalue weighted by atomic mass is 10.1. The van der Waals surface area contributed by atoms with E-state index in [2.05, 4.69) is 57.9 Å². The molecule has 0 aromatic carbocycles. The molecular formula is C16H9S4. The van der Waals surface area contributed by atoms with Crippen molar-refractivity contribution in [3.8, 4) is 30.6 Å². The Balaban J connectivity index is 1.98. The van der Waals surface area contributed by atoms with Crippen LogP contribution in [0.2, 0.25) is 0 Å². The van der Waals surface area contributed by atoms with Gasteiger partial charge < -0.3 is 0 Å². The number of hydrogen-bond donors (Lipinski definition) is 0. The fourth-order valence-electron chi connectivity index (χ4n) is 2.15. The minimum absolute atomic E-state index is 1.25. The van der Waals surface area contributed by atoms with Gasteiger partial charge in [-0.15, -0.1) is 45.3 Å². The average molecular weight is 330 g/mol. The van der Waals surface area contributed by atoms with Gasteiger partial charge in [-0.25, -0.2) is 0 Å². The maximum absolute atomic E-state index is 3.52. The van der Waals surface area contributed by atoms with Gasteiger partial charge in [-0.05, 0) is 34.3 Å². The van der Waals surface area contributed by atoms with E-state index in [-0.39, 0.29) is 0 Å². The van der Waals surface area contributed by atoms with Gasteiger partial charge in [-0.3, -0.25) is 0 Å². The number of rotatable bonds is 3. The van der Waals surface area contributed by atoms with Crippen molar-refractivity contribution >= 4 is 45.3 Å². The summed E-state index contributed by atoms with van der Waals surface area (Å²) >= 11 is 7.11. The normalized spacial score (nSPS) is 11.0. The largest absolute Gasteiger partial charge is 0.144 e. The smallest absolute Gasteiger partial charge is 0.0549 e. The molecule has 0 aliphatic rings. The lowest BCUT2D eigenvalue weighted by Gasteiger charge is -2.03. The molecule has 4 rings (SSSR count). The van der Waals surface area contributed by atoms with E-state index in [1.807, 2.05) is 0 Å². The van der Waals surface area contributed by atoms with Crippen LogP contribution in [-0.4, -0.2) is 0 Å². The summed E-state index contributed by atoms with van der Waals surface area (Å²) < 4.78 is 0. The molecule has 20 heavy (non-hydrogen) atoms. The first-order chi connectivity index (χ1) is 9.93. The minimum atomic E-state index is 1.25. The van der Waals surface area contributed by atoms with Gasteiger partial charge >= 0.3 is 0 Å². The Bertz CT molecular complexity index is 735. The van der Waals surface area contributed by atoms with E-state index >= 15 is 0 Å². The van der Waals surface area contributed by atoms with E-state index in [9.17, 15) is 0 Å². The topological polar surface area (TPSA) is 0 Å². The molecule has 4 heterocycles. The Labute approximate surface area is 133 Å². The number of hydrogen-bond acceptors (Lipinski definition) is 4. The lowest BCUT2D eigenvalue weighted by molar-refractivity contribution is 1.82. The molecule has 0 amide bonds. The van der Waals surface area contributed by atoms with Crippen molar-refractivity contribution in [2.45, 2.75) is 0 Å². The van der Waals surface area contributed by atoms with Crippen LogP contribution in [0.1, 0.15) is 0 Å². The molecule has 0 atom stereocenters.